The van der Waals surface area contributed by atoms with Gasteiger partial charge in [0.25, 0.3) is 0 Å². The number of benzene rings is 1. The lowest BCUT2D eigenvalue weighted by Crippen LogP contribution is -1.98. The molecule has 94 valence electrons. The van der Waals surface area contributed by atoms with E-state index in [9.17, 15) is 4.21 Å². The summed E-state index contributed by atoms with van der Waals surface area (Å²) in [6.07, 6.45) is 3.25. The quantitative estimate of drug-likeness (QED) is 0.847. The lowest BCUT2D eigenvalue weighted by Gasteiger charge is -2.05. The summed E-state index contributed by atoms with van der Waals surface area (Å²) in [5, 5.41) is 0. The highest BCUT2D eigenvalue weighted by atomic mass is 79.9. The second-order valence-electron chi connectivity index (χ2n) is 3.87. The second kappa shape index (κ2) is 5.20. The number of aromatic nitrogens is 1. The molecule has 3 nitrogen and oxygen atoms in total. The van der Waals surface area contributed by atoms with E-state index in [1.54, 1.807) is 19.5 Å². The highest BCUT2D eigenvalue weighted by Gasteiger charge is 2.06. The summed E-state index contributed by atoms with van der Waals surface area (Å²) < 4.78 is 17.0. The van der Waals surface area contributed by atoms with Gasteiger partial charge in [0.2, 0.25) is 0 Å². The molecule has 0 aliphatic heterocycles. The molecule has 0 saturated carbocycles. The van der Waals surface area contributed by atoms with Crippen LogP contribution in [-0.2, 0) is 9.73 Å². The number of rotatable bonds is 2. The Morgan fingerprint density at radius 1 is 1.17 bits per heavy atom. The van der Waals surface area contributed by atoms with Gasteiger partial charge in [-0.2, -0.15) is 0 Å². The van der Waals surface area contributed by atoms with E-state index in [1.807, 2.05) is 36.4 Å². The third kappa shape index (κ3) is 2.79. The fraction of sp³-hybridized carbons (Fsp3) is 0.154. The molecular formula is C13H13BrN2OS. The van der Waals surface area contributed by atoms with Crippen molar-refractivity contribution in [1.29, 1.82) is 0 Å². The second-order valence-corrected chi connectivity index (χ2v) is 7.23. The van der Waals surface area contributed by atoms with Crippen molar-refractivity contribution in [1.82, 2.24) is 4.98 Å². The van der Waals surface area contributed by atoms with E-state index in [0.717, 1.165) is 15.7 Å². The number of pyridine rings is 1. The van der Waals surface area contributed by atoms with E-state index in [4.69, 9.17) is 0 Å². The van der Waals surface area contributed by atoms with E-state index in [2.05, 4.69) is 25.3 Å². The molecule has 2 aromatic rings. The highest BCUT2D eigenvalue weighted by molar-refractivity contribution is 9.10. The van der Waals surface area contributed by atoms with Crippen molar-refractivity contribution in [3.63, 3.8) is 0 Å². The first-order valence-electron chi connectivity index (χ1n) is 5.35. The number of halogens is 1. The SMILES string of the molecule is CN=S(C)(=O)c1ccc(-c2ccc(Br)cc2)nc1. The predicted molar refractivity (Wildman–Crippen MR) is 78.1 cm³/mol. The lowest BCUT2D eigenvalue weighted by atomic mass is 10.1. The van der Waals surface area contributed by atoms with E-state index >= 15 is 0 Å². The Morgan fingerprint density at radius 2 is 1.83 bits per heavy atom. The maximum absolute atomic E-state index is 12.0. The smallest absolute Gasteiger partial charge is 0.0735 e. The van der Waals surface area contributed by atoms with Crippen LogP contribution >= 0.6 is 15.9 Å². The molecular weight excluding hydrogens is 312 g/mol. The van der Waals surface area contributed by atoms with Gasteiger partial charge in [-0.1, -0.05) is 28.1 Å². The molecule has 0 aliphatic rings. The van der Waals surface area contributed by atoms with E-state index in [0.29, 0.717) is 4.90 Å². The Morgan fingerprint density at radius 3 is 2.33 bits per heavy atom. The molecule has 0 bridgehead atoms. The highest BCUT2D eigenvalue weighted by Crippen LogP contribution is 2.21. The summed E-state index contributed by atoms with van der Waals surface area (Å²) in [6, 6.07) is 11.6. The van der Waals surface area contributed by atoms with Gasteiger partial charge in [0, 0.05) is 29.5 Å². The predicted octanol–water partition coefficient (Wildman–Crippen LogP) is 3.60. The first kappa shape index (κ1) is 13.2. The third-order valence-electron chi connectivity index (χ3n) is 2.66. The molecule has 1 heterocycles. The maximum Gasteiger partial charge on any atom is 0.0735 e. The van der Waals surface area contributed by atoms with Gasteiger partial charge in [0.15, 0.2) is 0 Å². The molecule has 0 aliphatic carbocycles. The van der Waals surface area contributed by atoms with E-state index < -0.39 is 9.73 Å². The Balaban J connectivity index is 2.39. The zero-order chi connectivity index (χ0) is 13.2. The number of hydrogen-bond acceptors (Lipinski definition) is 3. The monoisotopic (exact) mass is 324 g/mol. The molecule has 2 rings (SSSR count). The van der Waals surface area contributed by atoms with Crippen molar-refractivity contribution < 1.29 is 4.21 Å². The van der Waals surface area contributed by atoms with Crippen LogP contribution in [0.25, 0.3) is 11.3 Å². The van der Waals surface area contributed by atoms with Crippen LogP contribution in [0, 0.1) is 0 Å². The number of hydrogen-bond donors (Lipinski definition) is 0. The minimum Gasteiger partial charge on any atom is -0.255 e. The van der Waals surface area contributed by atoms with Crippen molar-refractivity contribution in [2.45, 2.75) is 4.90 Å². The van der Waals surface area contributed by atoms with Crippen LogP contribution in [0.5, 0.6) is 0 Å². The maximum atomic E-state index is 12.0. The zero-order valence-electron chi connectivity index (χ0n) is 10.1. The molecule has 0 amide bonds. The Labute approximate surface area is 116 Å². The largest absolute Gasteiger partial charge is 0.255 e. The average Bonchev–Trinajstić information content (AvgIpc) is 2.40. The summed E-state index contributed by atoms with van der Waals surface area (Å²) in [5.41, 5.74) is 1.89. The van der Waals surface area contributed by atoms with Crippen LogP contribution in [0.2, 0.25) is 0 Å². The Kier molecular flexibility index (Phi) is 3.82. The van der Waals surface area contributed by atoms with Crippen LogP contribution in [0.1, 0.15) is 0 Å². The fourth-order valence-corrected chi connectivity index (χ4v) is 2.55. The van der Waals surface area contributed by atoms with Crippen LogP contribution in [-0.4, -0.2) is 22.5 Å². The first-order chi connectivity index (χ1) is 8.53. The van der Waals surface area contributed by atoms with Gasteiger partial charge in [0.1, 0.15) is 0 Å². The van der Waals surface area contributed by atoms with Crippen LogP contribution < -0.4 is 0 Å². The van der Waals surface area contributed by atoms with Crippen LogP contribution in [0.15, 0.2) is 56.3 Å². The van der Waals surface area contributed by atoms with Gasteiger partial charge >= 0.3 is 0 Å². The molecule has 1 aromatic carbocycles. The van der Waals surface area contributed by atoms with Crippen LogP contribution in [0.4, 0.5) is 0 Å². The summed E-state index contributed by atoms with van der Waals surface area (Å²) in [4.78, 5) is 5.00. The van der Waals surface area contributed by atoms with Crippen molar-refractivity contribution in [3.05, 3.63) is 47.1 Å². The minimum absolute atomic E-state index is 0.658. The molecule has 0 N–H and O–H groups in total. The van der Waals surface area contributed by atoms with Gasteiger partial charge < -0.3 is 0 Å². The topological polar surface area (TPSA) is 42.3 Å². The Hall–Kier alpha value is -1.20. The van der Waals surface area contributed by atoms with Crippen LogP contribution in [0.3, 0.4) is 0 Å². The molecule has 0 saturated heterocycles. The van der Waals surface area contributed by atoms with Crippen molar-refractivity contribution in [2.24, 2.45) is 4.36 Å². The first-order valence-corrected chi connectivity index (χ1v) is 8.07. The van der Waals surface area contributed by atoms with Crippen molar-refractivity contribution >= 4 is 25.7 Å². The molecule has 0 spiro atoms. The molecule has 1 unspecified atom stereocenters. The minimum atomic E-state index is -2.30. The van der Waals surface area contributed by atoms with Crippen molar-refractivity contribution in [2.75, 3.05) is 13.3 Å². The zero-order valence-corrected chi connectivity index (χ0v) is 12.5. The third-order valence-corrected chi connectivity index (χ3v) is 5.00. The normalized spacial score (nSPS) is 13.9. The van der Waals surface area contributed by atoms with Gasteiger partial charge in [-0.3, -0.25) is 4.98 Å². The summed E-state index contributed by atoms with van der Waals surface area (Å²) >= 11 is 3.39. The molecule has 1 atom stereocenters. The van der Waals surface area contributed by atoms with Gasteiger partial charge in [0.05, 0.1) is 20.3 Å². The number of nitrogens with zero attached hydrogens (tertiary/aromatic N) is 2. The van der Waals surface area contributed by atoms with Gasteiger partial charge in [-0.15, -0.1) is 0 Å². The molecule has 0 fully saturated rings. The summed E-state index contributed by atoms with van der Waals surface area (Å²) in [5.74, 6) is 0. The van der Waals surface area contributed by atoms with E-state index in [1.165, 1.54) is 0 Å². The average molecular weight is 325 g/mol. The van der Waals surface area contributed by atoms with E-state index in [-0.39, 0.29) is 0 Å². The Bertz CT molecular complexity index is 656. The lowest BCUT2D eigenvalue weighted by molar-refractivity contribution is 0.680. The fourth-order valence-electron chi connectivity index (χ4n) is 1.50. The van der Waals surface area contributed by atoms with Gasteiger partial charge in [-0.25, -0.2) is 8.57 Å². The summed E-state index contributed by atoms with van der Waals surface area (Å²) in [7, 11) is -0.738. The molecule has 0 radical (unpaired) electrons. The molecule has 18 heavy (non-hydrogen) atoms. The van der Waals surface area contributed by atoms with Gasteiger partial charge in [-0.05, 0) is 24.3 Å². The summed E-state index contributed by atoms with van der Waals surface area (Å²) in [6.45, 7) is 0. The van der Waals surface area contributed by atoms with Crippen molar-refractivity contribution in [3.8, 4) is 11.3 Å². The standard InChI is InChI=1S/C13H13BrN2OS/c1-15-18(2,17)12-7-8-13(16-9-12)10-3-5-11(14)6-4-10/h3-9H,1-2H3. The molecule has 5 heteroatoms. The molecule has 1 aromatic heterocycles.